The van der Waals surface area contributed by atoms with E-state index in [-0.39, 0.29) is 40.1 Å². The molecule has 0 amide bonds. The van der Waals surface area contributed by atoms with Gasteiger partial charge >= 0.3 is 0 Å². The molecule has 0 radical (unpaired) electrons. The van der Waals surface area contributed by atoms with Crippen molar-refractivity contribution >= 4 is 45.0 Å². The van der Waals surface area contributed by atoms with E-state index < -0.39 is 0 Å². The Hall–Kier alpha value is -2.81. The normalized spacial score (nSPS) is 12.3. The lowest BCUT2D eigenvalue weighted by Gasteiger charge is -2.08. The van der Waals surface area contributed by atoms with Gasteiger partial charge in [0.05, 0.1) is 39.1 Å². The lowest BCUT2D eigenvalue weighted by molar-refractivity contribution is 0.467. The Morgan fingerprint density at radius 1 is 1.00 bits per heavy atom. The van der Waals surface area contributed by atoms with Crippen molar-refractivity contribution in [3.05, 3.63) is 39.8 Å². The number of rotatable bonds is 5. The van der Waals surface area contributed by atoms with Crippen LogP contribution in [0.3, 0.4) is 0 Å². The van der Waals surface area contributed by atoms with Crippen LogP contribution in [0.1, 0.15) is 6.42 Å². The van der Waals surface area contributed by atoms with Gasteiger partial charge in [-0.05, 0) is 37.2 Å². The van der Waals surface area contributed by atoms with Gasteiger partial charge in [0, 0.05) is 18.5 Å². The standard InChI is InChI=1S/C19H21N5O3.ClH/c20-6-1-8-22-10-2-3-11-15-14(10)19(27)17-13(26)5-4-12(25)16(17)18(15)23-24(11)9-7-21;/h2-5,23,26-27H,1,6-9,20-21H2;1H. The summed E-state index contributed by atoms with van der Waals surface area (Å²) in [5.74, 6) is -0.304. The molecule has 0 aliphatic heterocycles. The van der Waals surface area contributed by atoms with Crippen LogP contribution in [0.4, 0.5) is 0 Å². The van der Waals surface area contributed by atoms with Crippen molar-refractivity contribution in [1.82, 2.24) is 9.78 Å². The van der Waals surface area contributed by atoms with E-state index >= 15 is 0 Å². The number of hydrogen-bond acceptors (Lipinski definition) is 6. The summed E-state index contributed by atoms with van der Waals surface area (Å²) in [6, 6.07) is 6.30. The highest BCUT2D eigenvalue weighted by Gasteiger charge is 2.21. The van der Waals surface area contributed by atoms with Gasteiger partial charge in [-0.25, -0.2) is 0 Å². The summed E-state index contributed by atoms with van der Waals surface area (Å²) in [7, 11) is 0. The predicted octanol–water partition coefficient (Wildman–Crippen LogP) is 1.11. The zero-order valence-electron chi connectivity index (χ0n) is 15.1. The summed E-state index contributed by atoms with van der Waals surface area (Å²) in [6.07, 6.45) is 0.720. The third-order valence-corrected chi connectivity index (χ3v) is 4.81. The van der Waals surface area contributed by atoms with Gasteiger partial charge in [-0.3, -0.25) is 19.6 Å². The summed E-state index contributed by atoms with van der Waals surface area (Å²) < 4.78 is 1.84. The van der Waals surface area contributed by atoms with Crippen LogP contribution >= 0.6 is 12.4 Å². The molecular formula is C19H22ClN5O3. The number of nitrogens with one attached hydrogen (secondary N) is 1. The molecule has 28 heavy (non-hydrogen) atoms. The Balaban J connectivity index is 0.00000225. The number of nitrogens with zero attached hydrogens (tertiary/aromatic N) is 2. The molecule has 1 aromatic heterocycles. The van der Waals surface area contributed by atoms with E-state index in [0.717, 1.165) is 11.9 Å². The summed E-state index contributed by atoms with van der Waals surface area (Å²) in [5.41, 5.74) is 12.3. The van der Waals surface area contributed by atoms with Crippen molar-refractivity contribution in [3.63, 3.8) is 0 Å². The lowest BCUT2D eigenvalue weighted by Crippen LogP contribution is -2.11. The van der Waals surface area contributed by atoms with Gasteiger partial charge in [0.2, 0.25) is 0 Å². The molecule has 9 heteroatoms. The molecule has 0 unspecified atom stereocenters. The molecule has 4 rings (SSSR count). The third-order valence-electron chi connectivity index (χ3n) is 4.81. The van der Waals surface area contributed by atoms with Crippen molar-refractivity contribution in [1.29, 1.82) is 0 Å². The number of aromatic nitrogens is 2. The van der Waals surface area contributed by atoms with Crippen molar-refractivity contribution < 1.29 is 10.2 Å². The molecule has 0 aliphatic carbocycles. The number of aromatic hydroxyl groups is 2. The van der Waals surface area contributed by atoms with Crippen LogP contribution in [-0.4, -0.2) is 39.6 Å². The summed E-state index contributed by atoms with van der Waals surface area (Å²) >= 11 is 0. The number of aromatic amines is 1. The topological polar surface area (TPSA) is 143 Å². The average molecular weight is 404 g/mol. The fourth-order valence-corrected chi connectivity index (χ4v) is 3.64. The quantitative estimate of drug-likeness (QED) is 0.250. The Labute approximate surface area is 165 Å². The molecule has 0 spiro atoms. The van der Waals surface area contributed by atoms with Crippen molar-refractivity contribution in [2.24, 2.45) is 16.5 Å². The molecule has 0 saturated carbocycles. The second-order valence-corrected chi connectivity index (χ2v) is 6.49. The molecule has 148 valence electrons. The van der Waals surface area contributed by atoms with Crippen LogP contribution in [0.25, 0.3) is 32.6 Å². The predicted molar refractivity (Wildman–Crippen MR) is 112 cm³/mol. The Morgan fingerprint density at radius 2 is 1.79 bits per heavy atom. The third kappa shape index (κ3) is 2.86. The number of phenols is 2. The maximum Gasteiger partial charge on any atom is 0.189 e. The largest absolute Gasteiger partial charge is 0.507 e. The number of fused-ring (bicyclic) bond motifs is 2. The van der Waals surface area contributed by atoms with Crippen molar-refractivity contribution in [2.45, 2.75) is 13.0 Å². The number of H-pyrrole nitrogens is 1. The summed E-state index contributed by atoms with van der Waals surface area (Å²) in [5, 5.41) is 26.7. The Kier molecular flexibility index (Phi) is 5.46. The minimum absolute atomic E-state index is 0. The monoisotopic (exact) mass is 403 g/mol. The molecule has 4 aromatic rings. The van der Waals surface area contributed by atoms with Crippen LogP contribution in [0.5, 0.6) is 11.5 Å². The fraction of sp³-hybridized carbons (Fsp3) is 0.263. The SMILES string of the molecule is Cl.NCCCN=c1ccc2c3c1c(O)c1c(O)ccc(=O)c1c3[nH]n2CCN. The maximum atomic E-state index is 12.5. The van der Waals surface area contributed by atoms with E-state index in [1.807, 2.05) is 16.8 Å². The first-order valence-electron chi connectivity index (χ1n) is 8.84. The highest BCUT2D eigenvalue weighted by atomic mass is 35.5. The van der Waals surface area contributed by atoms with E-state index in [9.17, 15) is 15.0 Å². The van der Waals surface area contributed by atoms with Crippen LogP contribution < -0.4 is 22.3 Å². The zero-order valence-corrected chi connectivity index (χ0v) is 15.9. The maximum absolute atomic E-state index is 12.5. The van der Waals surface area contributed by atoms with Gasteiger partial charge in [0.1, 0.15) is 11.5 Å². The van der Waals surface area contributed by atoms with E-state index in [0.29, 0.717) is 47.8 Å². The summed E-state index contributed by atoms with van der Waals surface area (Å²) in [4.78, 5) is 17.1. The first-order valence-corrected chi connectivity index (χ1v) is 8.84. The van der Waals surface area contributed by atoms with E-state index in [2.05, 4.69) is 10.1 Å². The molecule has 0 saturated heterocycles. The van der Waals surface area contributed by atoms with Crippen LogP contribution in [0.15, 0.2) is 34.1 Å². The number of nitrogens with two attached hydrogens (primary N) is 2. The molecule has 0 aliphatic rings. The van der Waals surface area contributed by atoms with Gasteiger partial charge < -0.3 is 21.7 Å². The summed E-state index contributed by atoms with van der Waals surface area (Å²) in [6.45, 7) is 1.96. The van der Waals surface area contributed by atoms with E-state index in [1.165, 1.54) is 12.1 Å². The smallest absolute Gasteiger partial charge is 0.189 e. The second-order valence-electron chi connectivity index (χ2n) is 6.49. The van der Waals surface area contributed by atoms with Crippen molar-refractivity contribution in [3.8, 4) is 11.5 Å². The Bertz CT molecular complexity index is 1280. The van der Waals surface area contributed by atoms with Gasteiger partial charge in [-0.1, -0.05) is 0 Å². The van der Waals surface area contributed by atoms with Gasteiger partial charge in [0.15, 0.2) is 5.43 Å². The number of phenolic OH excluding ortho intramolecular Hbond substituents is 2. The molecule has 8 nitrogen and oxygen atoms in total. The highest BCUT2D eigenvalue weighted by molar-refractivity contribution is 6.23. The van der Waals surface area contributed by atoms with Gasteiger partial charge in [-0.15, -0.1) is 12.4 Å². The lowest BCUT2D eigenvalue weighted by atomic mass is 9.99. The zero-order chi connectivity index (χ0) is 19.1. The minimum atomic E-state index is -0.284. The highest BCUT2D eigenvalue weighted by Crippen LogP contribution is 2.41. The second kappa shape index (κ2) is 7.67. The molecule has 7 N–H and O–H groups in total. The van der Waals surface area contributed by atoms with Crippen LogP contribution in [0.2, 0.25) is 0 Å². The van der Waals surface area contributed by atoms with Crippen LogP contribution in [0, 0.1) is 0 Å². The molecule has 0 atom stereocenters. The van der Waals surface area contributed by atoms with Gasteiger partial charge in [0.25, 0.3) is 0 Å². The number of benzene rings is 3. The van der Waals surface area contributed by atoms with Crippen LogP contribution in [-0.2, 0) is 6.54 Å². The molecule has 0 bridgehead atoms. The molecular weight excluding hydrogens is 382 g/mol. The van der Waals surface area contributed by atoms with E-state index in [4.69, 9.17) is 11.5 Å². The molecule has 3 aromatic carbocycles. The number of halogens is 1. The molecule has 1 heterocycles. The van der Waals surface area contributed by atoms with E-state index in [1.54, 1.807) is 0 Å². The Morgan fingerprint density at radius 3 is 2.50 bits per heavy atom. The minimum Gasteiger partial charge on any atom is -0.507 e. The molecule has 0 fully saturated rings. The van der Waals surface area contributed by atoms with Crippen molar-refractivity contribution in [2.75, 3.05) is 19.6 Å². The average Bonchev–Trinajstić information content (AvgIpc) is 3.01. The van der Waals surface area contributed by atoms with Gasteiger partial charge in [-0.2, -0.15) is 0 Å². The first kappa shape index (κ1) is 19.9. The first-order chi connectivity index (χ1) is 13.1. The number of hydrogen-bond donors (Lipinski definition) is 5. The fourth-order valence-electron chi connectivity index (χ4n) is 3.64.